The average Bonchev–Trinajstić information content (AvgIpc) is 2.17. The van der Waals surface area contributed by atoms with Crippen LogP contribution in [0, 0.1) is 6.92 Å². The third-order valence-corrected chi connectivity index (χ3v) is 2.28. The van der Waals surface area contributed by atoms with Crippen molar-refractivity contribution >= 4 is 6.09 Å². The molecule has 0 aliphatic carbocycles. The van der Waals surface area contributed by atoms with Gasteiger partial charge < -0.3 is 10.1 Å². The Labute approximate surface area is 90.4 Å². The number of hydrogen-bond donors (Lipinski definition) is 1. The fourth-order valence-corrected chi connectivity index (χ4v) is 1.52. The number of amides is 1. The maximum Gasteiger partial charge on any atom is 0.412 e. The maximum absolute atomic E-state index is 11.0. The lowest BCUT2D eigenvalue weighted by Gasteiger charge is -2.11. The minimum absolute atomic E-state index is 0.438. The van der Waals surface area contributed by atoms with E-state index in [1.807, 2.05) is 25.1 Å². The summed E-state index contributed by atoms with van der Waals surface area (Å²) in [4.78, 5) is 11.0. The predicted molar refractivity (Wildman–Crippen MR) is 60.4 cm³/mol. The molecule has 1 amide bonds. The number of carbonyl (C=O) groups is 1. The Hall–Kier alpha value is -1.51. The molecule has 1 aromatic carbocycles. The van der Waals surface area contributed by atoms with Gasteiger partial charge >= 0.3 is 6.09 Å². The van der Waals surface area contributed by atoms with Crippen LogP contribution in [-0.2, 0) is 0 Å². The molecule has 0 aromatic heterocycles. The maximum atomic E-state index is 11.0. The molecule has 0 saturated carbocycles. The van der Waals surface area contributed by atoms with E-state index in [4.69, 9.17) is 4.74 Å². The van der Waals surface area contributed by atoms with Crippen molar-refractivity contribution in [1.29, 1.82) is 0 Å². The molecule has 15 heavy (non-hydrogen) atoms. The molecule has 0 spiro atoms. The summed E-state index contributed by atoms with van der Waals surface area (Å²) in [5.74, 6) is 1.07. The zero-order valence-corrected chi connectivity index (χ0v) is 9.63. The van der Waals surface area contributed by atoms with Gasteiger partial charge in [-0.25, -0.2) is 4.79 Å². The van der Waals surface area contributed by atoms with Gasteiger partial charge in [0.2, 0.25) is 0 Å². The molecule has 0 saturated heterocycles. The first kappa shape index (κ1) is 11.6. The molecule has 0 unspecified atom stereocenters. The zero-order valence-electron chi connectivity index (χ0n) is 9.63. The van der Waals surface area contributed by atoms with E-state index in [0.29, 0.717) is 11.7 Å². The zero-order chi connectivity index (χ0) is 11.4. The van der Waals surface area contributed by atoms with Gasteiger partial charge in [-0.05, 0) is 36.1 Å². The van der Waals surface area contributed by atoms with E-state index in [2.05, 4.69) is 19.2 Å². The van der Waals surface area contributed by atoms with Crippen molar-refractivity contribution in [2.75, 3.05) is 7.05 Å². The molecule has 1 aromatic rings. The van der Waals surface area contributed by atoms with E-state index < -0.39 is 6.09 Å². The van der Waals surface area contributed by atoms with Gasteiger partial charge in [0.1, 0.15) is 5.75 Å². The second-order valence-electron chi connectivity index (χ2n) is 3.81. The molecule has 3 nitrogen and oxygen atoms in total. The molecule has 1 rings (SSSR count). The summed E-state index contributed by atoms with van der Waals surface area (Å²) in [6, 6.07) is 5.69. The number of rotatable bonds is 2. The first-order valence-electron chi connectivity index (χ1n) is 5.04. The van der Waals surface area contributed by atoms with Crippen LogP contribution in [0.4, 0.5) is 4.79 Å². The van der Waals surface area contributed by atoms with Crippen molar-refractivity contribution in [2.24, 2.45) is 0 Å². The molecule has 0 atom stereocenters. The molecule has 0 heterocycles. The Morgan fingerprint density at radius 3 is 2.53 bits per heavy atom. The van der Waals surface area contributed by atoms with Gasteiger partial charge in [-0.3, -0.25) is 0 Å². The van der Waals surface area contributed by atoms with Crippen LogP contribution in [0.1, 0.15) is 30.9 Å². The Kier molecular flexibility index (Phi) is 3.72. The topological polar surface area (TPSA) is 38.3 Å². The second-order valence-corrected chi connectivity index (χ2v) is 3.81. The van der Waals surface area contributed by atoms with Crippen LogP contribution in [0.25, 0.3) is 0 Å². The Bertz CT molecular complexity index is 359. The van der Waals surface area contributed by atoms with Crippen molar-refractivity contribution in [3.63, 3.8) is 0 Å². The Morgan fingerprint density at radius 2 is 2.07 bits per heavy atom. The Balaban J connectivity index is 2.87. The number of benzene rings is 1. The van der Waals surface area contributed by atoms with E-state index in [9.17, 15) is 4.79 Å². The Morgan fingerprint density at radius 1 is 1.40 bits per heavy atom. The molecular weight excluding hydrogens is 190 g/mol. The van der Waals surface area contributed by atoms with Crippen molar-refractivity contribution in [1.82, 2.24) is 5.32 Å². The third-order valence-electron chi connectivity index (χ3n) is 2.28. The molecule has 0 aliphatic heterocycles. The number of carbonyl (C=O) groups excluding carboxylic acids is 1. The van der Waals surface area contributed by atoms with Crippen LogP contribution < -0.4 is 10.1 Å². The van der Waals surface area contributed by atoms with Crippen LogP contribution in [-0.4, -0.2) is 13.1 Å². The summed E-state index contributed by atoms with van der Waals surface area (Å²) < 4.78 is 5.03. The number of aryl methyl sites for hydroxylation is 1. The summed E-state index contributed by atoms with van der Waals surface area (Å²) in [5.41, 5.74) is 2.42. The quantitative estimate of drug-likeness (QED) is 0.809. The highest BCUT2D eigenvalue weighted by molar-refractivity contribution is 5.70. The van der Waals surface area contributed by atoms with Gasteiger partial charge in [0.15, 0.2) is 0 Å². The third kappa shape index (κ3) is 2.98. The van der Waals surface area contributed by atoms with Gasteiger partial charge in [-0.1, -0.05) is 19.9 Å². The molecule has 0 bridgehead atoms. The highest BCUT2D eigenvalue weighted by Crippen LogP contribution is 2.23. The summed E-state index contributed by atoms with van der Waals surface area (Å²) >= 11 is 0. The smallest absolute Gasteiger partial charge is 0.410 e. The normalized spacial score (nSPS) is 10.2. The van der Waals surface area contributed by atoms with Crippen LogP contribution in [0.15, 0.2) is 18.2 Å². The molecule has 0 aliphatic rings. The van der Waals surface area contributed by atoms with Gasteiger partial charge in [-0.2, -0.15) is 0 Å². The van der Waals surface area contributed by atoms with Gasteiger partial charge in [0, 0.05) is 7.05 Å². The minimum atomic E-state index is -0.438. The van der Waals surface area contributed by atoms with Gasteiger partial charge in [0.25, 0.3) is 0 Å². The molecule has 3 heteroatoms. The summed E-state index contributed by atoms with van der Waals surface area (Å²) in [5, 5.41) is 2.41. The fraction of sp³-hybridized carbons (Fsp3) is 0.417. The first-order chi connectivity index (χ1) is 7.04. The van der Waals surface area contributed by atoms with Crippen molar-refractivity contribution in [3.8, 4) is 5.75 Å². The van der Waals surface area contributed by atoms with E-state index >= 15 is 0 Å². The highest BCUT2D eigenvalue weighted by atomic mass is 16.5. The van der Waals surface area contributed by atoms with Gasteiger partial charge in [0.05, 0.1) is 0 Å². The summed E-state index contributed by atoms with van der Waals surface area (Å²) in [6.07, 6.45) is -0.438. The number of ether oxygens (including phenoxy) is 1. The average molecular weight is 207 g/mol. The first-order valence-corrected chi connectivity index (χ1v) is 5.04. The highest BCUT2D eigenvalue weighted by Gasteiger charge is 2.06. The van der Waals surface area contributed by atoms with Crippen molar-refractivity contribution in [2.45, 2.75) is 26.7 Å². The second kappa shape index (κ2) is 4.82. The standard InChI is InChI=1S/C12H17NO2/c1-8(2)11-6-5-10(7-9(11)3)15-12(14)13-4/h5-8H,1-4H3,(H,13,14). The van der Waals surface area contributed by atoms with Crippen LogP contribution in [0.5, 0.6) is 5.75 Å². The van der Waals surface area contributed by atoms with E-state index in [0.717, 1.165) is 5.56 Å². The van der Waals surface area contributed by atoms with E-state index in [1.165, 1.54) is 12.6 Å². The largest absolute Gasteiger partial charge is 0.412 e. The van der Waals surface area contributed by atoms with Crippen molar-refractivity contribution < 1.29 is 9.53 Å². The SMILES string of the molecule is CNC(=O)Oc1ccc(C(C)C)c(C)c1. The molecule has 0 fully saturated rings. The van der Waals surface area contributed by atoms with Crippen LogP contribution in [0.3, 0.4) is 0 Å². The molecule has 0 radical (unpaired) electrons. The van der Waals surface area contributed by atoms with Crippen LogP contribution >= 0.6 is 0 Å². The fourth-order valence-electron chi connectivity index (χ4n) is 1.52. The monoisotopic (exact) mass is 207 g/mol. The summed E-state index contributed by atoms with van der Waals surface area (Å²) in [7, 11) is 1.54. The molecule has 1 N–H and O–H groups in total. The number of nitrogens with one attached hydrogen (secondary N) is 1. The van der Waals surface area contributed by atoms with Crippen molar-refractivity contribution in [3.05, 3.63) is 29.3 Å². The van der Waals surface area contributed by atoms with E-state index in [1.54, 1.807) is 0 Å². The summed E-state index contributed by atoms with van der Waals surface area (Å²) in [6.45, 7) is 6.30. The van der Waals surface area contributed by atoms with E-state index in [-0.39, 0.29) is 0 Å². The lowest BCUT2D eigenvalue weighted by atomic mass is 9.98. The van der Waals surface area contributed by atoms with Crippen LogP contribution in [0.2, 0.25) is 0 Å². The molecular formula is C12H17NO2. The minimum Gasteiger partial charge on any atom is -0.410 e. The van der Waals surface area contributed by atoms with Gasteiger partial charge in [-0.15, -0.1) is 0 Å². The predicted octanol–water partition coefficient (Wildman–Crippen LogP) is 2.84. The lowest BCUT2D eigenvalue weighted by molar-refractivity contribution is 0.203. The lowest BCUT2D eigenvalue weighted by Crippen LogP contribution is -2.22. The molecule has 82 valence electrons. The number of hydrogen-bond acceptors (Lipinski definition) is 2.